The first-order chi connectivity index (χ1) is 8.72. The molecule has 0 radical (unpaired) electrons. The van der Waals surface area contributed by atoms with Gasteiger partial charge in [-0.15, -0.1) is 0 Å². The zero-order chi connectivity index (χ0) is 13.0. The number of aromatic nitrogens is 3. The van der Waals surface area contributed by atoms with Crippen molar-refractivity contribution >= 4 is 23.5 Å². The summed E-state index contributed by atoms with van der Waals surface area (Å²) in [6.45, 7) is 4.33. The zero-order valence-corrected chi connectivity index (χ0v) is 11.1. The first-order valence-electron chi connectivity index (χ1n) is 5.90. The van der Waals surface area contributed by atoms with Crippen LogP contribution in [-0.4, -0.2) is 71.3 Å². The van der Waals surface area contributed by atoms with E-state index in [0.29, 0.717) is 18.4 Å². The second-order valence-electron chi connectivity index (χ2n) is 4.03. The predicted molar refractivity (Wildman–Crippen MR) is 70.1 cm³/mol. The topological polar surface area (TPSA) is 77.4 Å². The Morgan fingerprint density at radius 2 is 1.94 bits per heavy atom. The van der Waals surface area contributed by atoms with Crippen LogP contribution in [0.3, 0.4) is 0 Å². The van der Waals surface area contributed by atoms with Crippen LogP contribution in [0.15, 0.2) is 0 Å². The van der Waals surface area contributed by atoms with Crippen molar-refractivity contribution in [3.05, 3.63) is 5.28 Å². The maximum Gasteiger partial charge on any atom is 0.231 e. The van der Waals surface area contributed by atoms with Gasteiger partial charge in [-0.05, 0) is 11.6 Å². The minimum absolute atomic E-state index is 0.196. The third-order valence-corrected chi connectivity index (χ3v) is 3.06. The lowest BCUT2D eigenvalue weighted by molar-refractivity contribution is 0.188. The van der Waals surface area contributed by atoms with Gasteiger partial charge in [-0.1, -0.05) is 0 Å². The smallest absolute Gasteiger partial charge is 0.231 e. The molecule has 100 valence electrons. The Labute approximate surface area is 111 Å². The van der Waals surface area contributed by atoms with Crippen molar-refractivity contribution < 1.29 is 5.11 Å². The molecule has 2 rings (SSSR count). The number of aliphatic hydroxyl groups excluding tert-OH is 1. The minimum atomic E-state index is 0.196. The van der Waals surface area contributed by atoms with E-state index in [9.17, 15) is 0 Å². The monoisotopic (exact) mass is 272 g/mol. The number of hydrogen-bond donors (Lipinski definition) is 2. The lowest BCUT2D eigenvalue weighted by Gasteiger charge is -2.34. The summed E-state index contributed by atoms with van der Waals surface area (Å²) in [4.78, 5) is 16.7. The summed E-state index contributed by atoms with van der Waals surface area (Å²) in [6.07, 6.45) is 0. The Morgan fingerprint density at radius 3 is 2.56 bits per heavy atom. The number of aliphatic hydroxyl groups is 1. The van der Waals surface area contributed by atoms with Crippen molar-refractivity contribution in [1.82, 2.24) is 19.9 Å². The summed E-state index contributed by atoms with van der Waals surface area (Å²) in [5.74, 6) is 1.07. The van der Waals surface area contributed by atoms with Crippen LogP contribution in [0.5, 0.6) is 0 Å². The van der Waals surface area contributed by atoms with Gasteiger partial charge < -0.3 is 15.3 Å². The molecular weight excluding hydrogens is 256 g/mol. The zero-order valence-electron chi connectivity index (χ0n) is 10.3. The standard InChI is InChI=1S/C10H17ClN6O/c1-12-9-13-8(11)14-10(15-9)17-4-2-16(3-5-17)6-7-18/h18H,2-7H2,1H3,(H,12,13,14,15). The predicted octanol–water partition coefficient (Wildman–Crippen LogP) is -0.319. The first kappa shape index (κ1) is 13.3. The molecule has 0 amide bonds. The SMILES string of the molecule is CNc1nc(Cl)nc(N2CCN(CCO)CC2)n1. The summed E-state index contributed by atoms with van der Waals surface area (Å²) in [5, 5.41) is 11.9. The van der Waals surface area contributed by atoms with Crippen molar-refractivity contribution in [2.45, 2.75) is 0 Å². The summed E-state index contributed by atoms with van der Waals surface area (Å²) in [7, 11) is 1.74. The molecule has 0 saturated carbocycles. The molecule has 0 aromatic carbocycles. The molecule has 1 aliphatic heterocycles. The molecule has 0 spiro atoms. The second kappa shape index (κ2) is 6.12. The fourth-order valence-electron chi connectivity index (χ4n) is 1.91. The van der Waals surface area contributed by atoms with Crippen molar-refractivity contribution in [1.29, 1.82) is 0 Å². The Morgan fingerprint density at radius 1 is 1.22 bits per heavy atom. The normalized spacial score (nSPS) is 16.9. The van der Waals surface area contributed by atoms with Gasteiger partial charge >= 0.3 is 0 Å². The fraction of sp³-hybridized carbons (Fsp3) is 0.700. The van der Waals surface area contributed by atoms with E-state index in [1.165, 1.54) is 0 Å². The number of nitrogens with one attached hydrogen (secondary N) is 1. The van der Waals surface area contributed by atoms with Crippen molar-refractivity contribution in [3.8, 4) is 0 Å². The van der Waals surface area contributed by atoms with Gasteiger partial charge in [-0.2, -0.15) is 15.0 Å². The summed E-state index contributed by atoms with van der Waals surface area (Å²) in [5.41, 5.74) is 0. The number of hydrogen-bond acceptors (Lipinski definition) is 7. The van der Waals surface area contributed by atoms with E-state index in [2.05, 4.69) is 30.1 Å². The van der Waals surface area contributed by atoms with E-state index >= 15 is 0 Å². The molecule has 1 aliphatic rings. The highest BCUT2D eigenvalue weighted by Crippen LogP contribution is 2.15. The summed E-state index contributed by atoms with van der Waals surface area (Å²) in [6, 6.07) is 0. The van der Waals surface area contributed by atoms with Gasteiger partial charge in [0.25, 0.3) is 0 Å². The van der Waals surface area contributed by atoms with Gasteiger partial charge in [-0.25, -0.2) is 0 Å². The van der Waals surface area contributed by atoms with E-state index in [0.717, 1.165) is 26.2 Å². The molecule has 2 heterocycles. The molecule has 7 nitrogen and oxygen atoms in total. The molecule has 0 aliphatic carbocycles. The lowest BCUT2D eigenvalue weighted by Crippen LogP contribution is -2.47. The van der Waals surface area contributed by atoms with E-state index in [4.69, 9.17) is 16.7 Å². The Hall–Kier alpha value is -1.18. The van der Waals surface area contributed by atoms with Gasteiger partial charge in [0, 0.05) is 39.8 Å². The summed E-state index contributed by atoms with van der Waals surface area (Å²) < 4.78 is 0. The molecule has 1 fully saturated rings. The second-order valence-corrected chi connectivity index (χ2v) is 4.37. The molecule has 18 heavy (non-hydrogen) atoms. The molecule has 0 unspecified atom stereocenters. The van der Waals surface area contributed by atoms with Crippen molar-refractivity contribution in [2.75, 3.05) is 56.6 Å². The van der Waals surface area contributed by atoms with Gasteiger partial charge in [0.2, 0.25) is 17.2 Å². The van der Waals surface area contributed by atoms with Crippen LogP contribution in [0.25, 0.3) is 0 Å². The number of piperazine rings is 1. The van der Waals surface area contributed by atoms with Crippen molar-refractivity contribution in [2.24, 2.45) is 0 Å². The van der Waals surface area contributed by atoms with Crippen LogP contribution < -0.4 is 10.2 Å². The Bertz CT molecular complexity index is 396. The van der Waals surface area contributed by atoms with Gasteiger partial charge in [0.15, 0.2) is 0 Å². The first-order valence-corrected chi connectivity index (χ1v) is 6.28. The van der Waals surface area contributed by atoms with E-state index in [-0.39, 0.29) is 11.9 Å². The number of β-amino-alcohol motifs (C(OH)–C–C–N with tert-alkyl or cyclic N) is 1. The Kier molecular flexibility index (Phi) is 4.51. The lowest BCUT2D eigenvalue weighted by atomic mass is 10.3. The van der Waals surface area contributed by atoms with E-state index < -0.39 is 0 Å². The van der Waals surface area contributed by atoms with Crippen LogP contribution in [0.1, 0.15) is 0 Å². The highest BCUT2D eigenvalue weighted by molar-refractivity contribution is 6.28. The van der Waals surface area contributed by atoms with Crippen LogP contribution >= 0.6 is 11.6 Å². The number of anilines is 2. The molecule has 2 N–H and O–H groups in total. The van der Waals surface area contributed by atoms with Crippen molar-refractivity contribution in [3.63, 3.8) is 0 Å². The van der Waals surface area contributed by atoms with Crippen LogP contribution in [0.2, 0.25) is 5.28 Å². The number of nitrogens with zero attached hydrogens (tertiary/aromatic N) is 5. The fourth-order valence-corrected chi connectivity index (χ4v) is 2.06. The van der Waals surface area contributed by atoms with Crippen LogP contribution in [0.4, 0.5) is 11.9 Å². The third kappa shape index (κ3) is 3.18. The highest BCUT2D eigenvalue weighted by Gasteiger charge is 2.19. The van der Waals surface area contributed by atoms with Gasteiger partial charge in [-0.3, -0.25) is 4.90 Å². The van der Waals surface area contributed by atoms with Gasteiger partial charge in [0.1, 0.15) is 0 Å². The number of halogens is 1. The average Bonchev–Trinajstić information content (AvgIpc) is 2.39. The largest absolute Gasteiger partial charge is 0.395 e. The van der Waals surface area contributed by atoms with Crippen LogP contribution in [0, 0.1) is 0 Å². The number of rotatable bonds is 4. The molecule has 0 atom stereocenters. The van der Waals surface area contributed by atoms with E-state index in [1.807, 2.05) is 0 Å². The molecule has 8 heteroatoms. The average molecular weight is 273 g/mol. The van der Waals surface area contributed by atoms with Gasteiger partial charge in [0.05, 0.1) is 6.61 Å². The Balaban J connectivity index is 2.02. The van der Waals surface area contributed by atoms with E-state index in [1.54, 1.807) is 7.05 Å². The molecule has 0 bridgehead atoms. The van der Waals surface area contributed by atoms with Crippen LogP contribution in [-0.2, 0) is 0 Å². The molecule has 1 aromatic heterocycles. The molecule has 1 saturated heterocycles. The maximum absolute atomic E-state index is 8.89. The minimum Gasteiger partial charge on any atom is -0.395 e. The molecular formula is C10H17ClN6O. The summed E-state index contributed by atoms with van der Waals surface area (Å²) >= 11 is 5.85. The maximum atomic E-state index is 8.89. The third-order valence-electron chi connectivity index (χ3n) is 2.89. The highest BCUT2D eigenvalue weighted by atomic mass is 35.5. The quantitative estimate of drug-likeness (QED) is 0.778. The molecule has 1 aromatic rings.